The molecule has 4 nitrogen and oxygen atoms in total. The molecule has 1 aliphatic heterocycles. The average molecular weight is 222 g/mol. The summed E-state index contributed by atoms with van der Waals surface area (Å²) >= 11 is 0. The maximum Gasteiger partial charge on any atom is 0.120 e. The first kappa shape index (κ1) is 11.2. The van der Waals surface area contributed by atoms with E-state index in [0.717, 1.165) is 24.4 Å². The van der Waals surface area contributed by atoms with E-state index >= 15 is 0 Å². The zero-order chi connectivity index (χ0) is 11.6. The molecule has 0 aromatic heterocycles. The highest BCUT2D eigenvalue weighted by Crippen LogP contribution is 2.27. The predicted octanol–water partition coefficient (Wildman–Crippen LogP) is 0.595. The summed E-state index contributed by atoms with van der Waals surface area (Å²) in [6.45, 7) is 1.61. The van der Waals surface area contributed by atoms with Gasteiger partial charge >= 0.3 is 0 Å². The molecule has 0 amide bonds. The van der Waals surface area contributed by atoms with Crippen LogP contribution in [0, 0.1) is 0 Å². The molecule has 1 atom stereocenters. The predicted molar refractivity (Wildman–Crippen MR) is 63.8 cm³/mol. The molecule has 1 unspecified atom stereocenters. The van der Waals surface area contributed by atoms with Gasteiger partial charge in [0.1, 0.15) is 5.75 Å². The maximum atomic E-state index is 9.21. The smallest absolute Gasteiger partial charge is 0.120 e. The summed E-state index contributed by atoms with van der Waals surface area (Å²) in [5.41, 5.74) is 6.68. The number of benzene rings is 1. The van der Waals surface area contributed by atoms with Crippen molar-refractivity contribution in [2.75, 3.05) is 31.7 Å². The molecule has 1 aromatic rings. The Balaban J connectivity index is 2.14. The molecule has 0 radical (unpaired) electrons. The number of hydrogen-bond acceptors (Lipinski definition) is 4. The molecule has 0 aliphatic carbocycles. The Morgan fingerprint density at radius 1 is 1.56 bits per heavy atom. The molecule has 2 rings (SSSR count). The molecule has 4 heteroatoms. The van der Waals surface area contributed by atoms with E-state index in [2.05, 4.69) is 4.90 Å². The first-order valence-corrected chi connectivity index (χ1v) is 5.46. The largest absolute Gasteiger partial charge is 0.497 e. The highest BCUT2D eigenvalue weighted by molar-refractivity contribution is 5.52. The lowest BCUT2D eigenvalue weighted by atomic mass is 10.0. The van der Waals surface area contributed by atoms with Crippen molar-refractivity contribution in [3.63, 3.8) is 0 Å². The minimum Gasteiger partial charge on any atom is -0.497 e. The lowest BCUT2D eigenvalue weighted by molar-refractivity contribution is 0.210. The van der Waals surface area contributed by atoms with Gasteiger partial charge in [0.2, 0.25) is 0 Å². The number of nitrogens with zero attached hydrogens (tertiary/aromatic N) is 1. The van der Waals surface area contributed by atoms with Crippen LogP contribution < -0.4 is 15.4 Å². The highest BCUT2D eigenvalue weighted by atomic mass is 16.5. The lowest BCUT2D eigenvalue weighted by Gasteiger charge is -2.23. The van der Waals surface area contributed by atoms with Crippen LogP contribution in [0.25, 0.3) is 0 Å². The summed E-state index contributed by atoms with van der Waals surface area (Å²) in [7, 11) is 1.66. The number of nitrogens with two attached hydrogens (primary N) is 1. The number of methoxy groups -OCH3 is 1. The van der Waals surface area contributed by atoms with E-state index in [-0.39, 0.29) is 6.61 Å². The van der Waals surface area contributed by atoms with Crippen molar-refractivity contribution in [1.29, 1.82) is 0 Å². The van der Waals surface area contributed by atoms with E-state index < -0.39 is 5.54 Å². The number of aliphatic hydroxyl groups is 1. The minimum atomic E-state index is -0.455. The van der Waals surface area contributed by atoms with Gasteiger partial charge in [0.05, 0.1) is 19.3 Å². The second-order valence-electron chi connectivity index (χ2n) is 4.39. The molecule has 88 valence electrons. The minimum absolute atomic E-state index is 0.0352. The van der Waals surface area contributed by atoms with Crippen LogP contribution >= 0.6 is 0 Å². The first-order chi connectivity index (χ1) is 7.67. The molecule has 0 saturated carbocycles. The van der Waals surface area contributed by atoms with Gasteiger partial charge in [0.15, 0.2) is 0 Å². The van der Waals surface area contributed by atoms with Gasteiger partial charge in [-0.05, 0) is 18.6 Å². The van der Waals surface area contributed by atoms with Crippen LogP contribution in [0.4, 0.5) is 5.69 Å². The van der Waals surface area contributed by atoms with Crippen LogP contribution in [0.5, 0.6) is 5.75 Å². The molecule has 1 saturated heterocycles. The van der Waals surface area contributed by atoms with Crippen molar-refractivity contribution in [3.05, 3.63) is 24.3 Å². The van der Waals surface area contributed by atoms with Crippen LogP contribution in [-0.2, 0) is 0 Å². The van der Waals surface area contributed by atoms with Crippen molar-refractivity contribution in [3.8, 4) is 5.75 Å². The van der Waals surface area contributed by atoms with Gasteiger partial charge in [-0.1, -0.05) is 6.07 Å². The molecule has 1 heterocycles. The number of aliphatic hydroxyl groups excluding tert-OH is 1. The summed E-state index contributed by atoms with van der Waals surface area (Å²) in [4.78, 5) is 2.18. The Kier molecular flexibility index (Phi) is 3.03. The molecule has 16 heavy (non-hydrogen) atoms. The van der Waals surface area contributed by atoms with Crippen LogP contribution in [0.1, 0.15) is 6.42 Å². The molecule has 1 aliphatic rings. The van der Waals surface area contributed by atoms with Crippen molar-refractivity contribution >= 4 is 5.69 Å². The maximum absolute atomic E-state index is 9.21. The third-order valence-corrected chi connectivity index (χ3v) is 3.12. The van der Waals surface area contributed by atoms with E-state index in [4.69, 9.17) is 10.5 Å². The first-order valence-electron chi connectivity index (χ1n) is 5.46. The molecule has 1 aromatic carbocycles. The Hall–Kier alpha value is -1.26. The number of rotatable bonds is 3. The van der Waals surface area contributed by atoms with Gasteiger partial charge in [-0.3, -0.25) is 0 Å². The van der Waals surface area contributed by atoms with Gasteiger partial charge in [-0.25, -0.2) is 0 Å². The fourth-order valence-electron chi connectivity index (χ4n) is 2.05. The number of ether oxygens (including phenoxy) is 1. The van der Waals surface area contributed by atoms with Crippen molar-refractivity contribution in [2.45, 2.75) is 12.0 Å². The fraction of sp³-hybridized carbons (Fsp3) is 0.500. The van der Waals surface area contributed by atoms with E-state index in [1.54, 1.807) is 7.11 Å². The van der Waals surface area contributed by atoms with Gasteiger partial charge < -0.3 is 20.5 Å². The zero-order valence-corrected chi connectivity index (χ0v) is 9.52. The fourth-order valence-corrected chi connectivity index (χ4v) is 2.05. The highest BCUT2D eigenvalue weighted by Gasteiger charge is 2.33. The summed E-state index contributed by atoms with van der Waals surface area (Å²) in [6, 6.07) is 7.90. The molecular weight excluding hydrogens is 204 g/mol. The monoisotopic (exact) mass is 222 g/mol. The van der Waals surface area contributed by atoms with Gasteiger partial charge in [0.25, 0.3) is 0 Å². The van der Waals surface area contributed by atoms with Gasteiger partial charge in [0, 0.05) is 24.8 Å². The summed E-state index contributed by atoms with van der Waals surface area (Å²) in [5.74, 6) is 0.844. The van der Waals surface area contributed by atoms with Crippen LogP contribution in [-0.4, -0.2) is 37.5 Å². The van der Waals surface area contributed by atoms with Gasteiger partial charge in [-0.15, -0.1) is 0 Å². The SMILES string of the molecule is COc1cccc(N2CCC(N)(CO)C2)c1. The zero-order valence-electron chi connectivity index (χ0n) is 9.52. The average Bonchev–Trinajstić information content (AvgIpc) is 2.73. The molecule has 1 fully saturated rings. The quantitative estimate of drug-likeness (QED) is 0.786. The number of hydrogen-bond donors (Lipinski definition) is 2. The molecule has 3 N–H and O–H groups in total. The third kappa shape index (κ3) is 2.13. The van der Waals surface area contributed by atoms with Crippen LogP contribution in [0.15, 0.2) is 24.3 Å². The molecule has 0 bridgehead atoms. The Morgan fingerprint density at radius 2 is 2.38 bits per heavy atom. The third-order valence-electron chi connectivity index (χ3n) is 3.12. The summed E-state index contributed by atoms with van der Waals surface area (Å²) < 4.78 is 5.19. The Bertz CT molecular complexity index is 370. The lowest BCUT2D eigenvalue weighted by Crippen LogP contribution is -2.46. The topological polar surface area (TPSA) is 58.7 Å². The van der Waals surface area contributed by atoms with Crippen molar-refractivity contribution < 1.29 is 9.84 Å². The van der Waals surface area contributed by atoms with E-state index in [9.17, 15) is 5.11 Å². The van der Waals surface area contributed by atoms with Gasteiger partial charge in [-0.2, -0.15) is 0 Å². The normalized spacial score (nSPS) is 24.8. The Labute approximate surface area is 95.6 Å². The second kappa shape index (κ2) is 4.31. The van der Waals surface area contributed by atoms with Crippen LogP contribution in [0.3, 0.4) is 0 Å². The Morgan fingerprint density at radius 3 is 3.00 bits per heavy atom. The van der Waals surface area contributed by atoms with E-state index in [1.165, 1.54) is 0 Å². The van der Waals surface area contributed by atoms with Crippen molar-refractivity contribution in [1.82, 2.24) is 0 Å². The van der Waals surface area contributed by atoms with E-state index in [1.807, 2.05) is 24.3 Å². The summed E-state index contributed by atoms with van der Waals surface area (Å²) in [5, 5.41) is 9.21. The molecule has 0 spiro atoms. The molecular formula is C12H18N2O2. The second-order valence-corrected chi connectivity index (χ2v) is 4.39. The standard InChI is InChI=1S/C12H18N2O2/c1-16-11-4-2-3-10(7-11)14-6-5-12(13,8-14)9-15/h2-4,7,15H,5-6,8-9,13H2,1H3. The number of anilines is 1. The summed E-state index contributed by atoms with van der Waals surface area (Å²) in [6.07, 6.45) is 0.820. The van der Waals surface area contributed by atoms with E-state index in [0.29, 0.717) is 6.54 Å². The van der Waals surface area contributed by atoms with Crippen LogP contribution in [0.2, 0.25) is 0 Å². The van der Waals surface area contributed by atoms with Crippen molar-refractivity contribution in [2.24, 2.45) is 5.73 Å².